The van der Waals surface area contributed by atoms with Gasteiger partial charge in [-0.2, -0.15) is 0 Å². The fraction of sp³-hybridized carbons (Fsp3) is 0.556. The normalized spacial score (nSPS) is 14.6. The maximum atomic E-state index is 5.61. The van der Waals surface area contributed by atoms with Crippen LogP contribution >= 0.6 is 0 Å². The zero-order valence-electron chi connectivity index (χ0n) is 8.54. The molecule has 0 fully saturated rings. The molecule has 0 saturated carbocycles. The number of nitrogens with zero attached hydrogens (tertiary/aromatic N) is 3. The van der Waals surface area contributed by atoms with E-state index in [0.29, 0.717) is 12.5 Å². The van der Waals surface area contributed by atoms with Crippen LogP contribution in [-0.2, 0) is 13.0 Å². The van der Waals surface area contributed by atoms with Gasteiger partial charge in [-0.15, -0.1) is 0 Å². The highest BCUT2D eigenvalue weighted by Gasteiger charge is 2.17. The van der Waals surface area contributed by atoms with Crippen LogP contribution in [0.3, 0.4) is 0 Å². The molecular weight excluding hydrogens is 178 g/mol. The fourth-order valence-corrected chi connectivity index (χ4v) is 1.64. The van der Waals surface area contributed by atoms with E-state index in [2.05, 4.69) is 22.3 Å². The van der Waals surface area contributed by atoms with Gasteiger partial charge in [0.15, 0.2) is 0 Å². The average Bonchev–Trinajstić information content (AvgIpc) is 2.44. The molecule has 76 valence electrons. The average molecular weight is 193 g/mol. The lowest BCUT2D eigenvalue weighted by Crippen LogP contribution is -2.35. The number of hydrogen-bond acceptors (Lipinski definition) is 4. The van der Waals surface area contributed by atoms with Crippen molar-refractivity contribution in [2.45, 2.75) is 33.2 Å². The summed E-state index contributed by atoms with van der Waals surface area (Å²) in [5, 5.41) is 0. The van der Waals surface area contributed by atoms with Crippen molar-refractivity contribution in [1.82, 2.24) is 9.66 Å². The third-order valence-corrected chi connectivity index (χ3v) is 2.34. The Morgan fingerprint density at radius 2 is 2.36 bits per heavy atom. The Bertz CT molecular complexity index is 377. The van der Waals surface area contributed by atoms with Crippen LogP contribution in [-0.4, -0.2) is 15.6 Å². The van der Waals surface area contributed by atoms with Gasteiger partial charge >= 0.3 is 0 Å². The van der Waals surface area contributed by atoms with E-state index in [0.717, 1.165) is 30.1 Å². The Morgan fingerprint density at radius 3 is 3.07 bits per heavy atom. The molecule has 0 saturated heterocycles. The van der Waals surface area contributed by atoms with Gasteiger partial charge in [-0.05, 0) is 13.3 Å². The first-order chi connectivity index (χ1) is 6.72. The third kappa shape index (κ3) is 1.34. The van der Waals surface area contributed by atoms with Crippen LogP contribution in [0.2, 0.25) is 0 Å². The van der Waals surface area contributed by atoms with Crippen LogP contribution in [0, 0.1) is 6.92 Å². The number of fused-ring (bicyclic) bond motifs is 1. The van der Waals surface area contributed by atoms with Crippen molar-refractivity contribution in [2.75, 3.05) is 5.43 Å². The number of nitrogens with one attached hydrogen (secondary N) is 1. The predicted molar refractivity (Wildman–Crippen MR) is 55.6 cm³/mol. The number of aryl methyl sites for hydroxylation is 2. The van der Waals surface area contributed by atoms with Crippen LogP contribution in [0.5, 0.6) is 0 Å². The van der Waals surface area contributed by atoms with Crippen molar-refractivity contribution >= 4 is 5.96 Å². The van der Waals surface area contributed by atoms with Gasteiger partial charge in [-0.1, -0.05) is 6.92 Å². The van der Waals surface area contributed by atoms with Crippen LogP contribution < -0.4 is 11.2 Å². The summed E-state index contributed by atoms with van der Waals surface area (Å²) in [7, 11) is 0. The standard InChI is InChI=1S/C9H15N5/c1-3-4-8-12-6(2)7-5-11-9(10)13-14(7)8/h3-5H2,1-2H3,(H3,10,11,13). The monoisotopic (exact) mass is 193 g/mol. The highest BCUT2D eigenvalue weighted by molar-refractivity contribution is 5.86. The van der Waals surface area contributed by atoms with Crippen molar-refractivity contribution in [1.29, 1.82) is 0 Å². The molecule has 0 spiro atoms. The number of aromatic nitrogens is 2. The summed E-state index contributed by atoms with van der Waals surface area (Å²) in [6.07, 6.45) is 2.04. The first-order valence-electron chi connectivity index (χ1n) is 4.86. The summed E-state index contributed by atoms with van der Waals surface area (Å²) >= 11 is 0. The van der Waals surface area contributed by atoms with Gasteiger partial charge in [0.25, 0.3) is 0 Å². The molecular formula is C9H15N5. The molecule has 5 heteroatoms. The van der Waals surface area contributed by atoms with Crippen molar-refractivity contribution in [3.63, 3.8) is 0 Å². The molecule has 3 N–H and O–H groups in total. The first-order valence-corrected chi connectivity index (χ1v) is 4.86. The van der Waals surface area contributed by atoms with Gasteiger partial charge in [0.2, 0.25) is 5.96 Å². The maximum absolute atomic E-state index is 5.61. The highest BCUT2D eigenvalue weighted by atomic mass is 15.5. The van der Waals surface area contributed by atoms with Crippen molar-refractivity contribution < 1.29 is 0 Å². The zero-order chi connectivity index (χ0) is 10.1. The molecule has 0 atom stereocenters. The number of aliphatic imine (C=N–C) groups is 1. The quantitative estimate of drug-likeness (QED) is 0.719. The molecule has 14 heavy (non-hydrogen) atoms. The van der Waals surface area contributed by atoms with Crippen molar-refractivity contribution in [3.8, 4) is 0 Å². The summed E-state index contributed by atoms with van der Waals surface area (Å²) in [6.45, 7) is 4.77. The molecule has 1 aromatic rings. The Morgan fingerprint density at radius 1 is 1.57 bits per heavy atom. The minimum absolute atomic E-state index is 0.465. The maximum Gasteiger partial charge on any atom is 0.208 e. The van der Waals surface area contributed by atoms with E-state index in [1.807, 2.05) is 11.6 Å². The lowest BCUT2D eigenvalue weighted by Gasteiger charge is -2.17. The molecule has 2 rings (SSSR count). The van der Waals surface area contributed by atoms with E-state index in [1.54, 1.807) is 0 Å². The largest absolute Gasteiger partial charge is 0.369 e. The zero-order valence-corrected chi connectivity index (χ0v) is 8.54. The number of imidazole rings is 1. The lowest BCUT2D eigenvalue weighted by molar-refractivity contribution is 0.736. The molecule has 1 aliphatic heterocycles. The van der Waals surface area contributed by atoms with Crippen LogP contribution in [0.1, 0.15) is 30.6 Å². The van der Waals surface area contributed by atoms with E-state index in [4.69, 9.17) is 5.73 Å². The number of hydrogen-bond donors (Lipinski definition) is 2. The lowest BCUT2D eigenvalue weighted by atomic mass is 10.3. The Labute approximate surface area is 83.0 Å². The summed E-state index contributed by atoms with van der Waals surface area (Å²) in [5.41, 5.74) is 10.8. The minimum Gasteiger partial charge on any atom is -0.369 e. The number of rotatable bonds is 2. The van der Waals surface area contributed by atoms with Crippen molar-refractivity contribution in [3.05, 3.63) is 17.2 Å². The Balaban J connectivity index is 2.38. The summed E-state index contributed by atoms with van der Waals surface area (Å²) < 4.78 is 1.96. The topological polar surface area (TPSA) is 68.2 Å². The summed E-state index contributed by atoms with van der Waals surface area (Å²) in [4.78, 5) is 8.62. The van der Waals surface area contributed by atoms with Gasteiger partial charge in [0, 0.05) is 6.42 Å². The van der Waals surface area contributed by atoms with Gasteiger partial charge in [0.1, 0.15) is 5.82 Å². The molecule has 0 bridgehead atoms. The van der Waals surface area contributed by atoms with Gasteiger partial charge in [-0.3, -0.25) is 5.43 Å². The number of nitrogens with two attached hydrogens (primary N) is 1. The van der Waals surface area contributed by atoms with Gasteiger partial charge in [0.05, 0.1) is 17.9 Å². The van der Waals surface area contributed by atoms with E-state index in [9.17, 15) is 0 Å². The Hall–Kier alpha value is -1.52. The summed E-state index contributed by atoms with van der Waals surface area (Å²) in [5.74, 6) is 1.50. The van der Waals surface area contributed by atoms with E-state index in [1.165, 1.54) is 0 Å². The molecule has 0 unspecified atom stereocenters. The Kier molecular flexibility index (Phi) is 2.15. The third-order valence-electron chi connectivity index (χ3n) is 2.34. The molecule has 5 nitrogen and oxygen atoms in total. The highest BCUT2D eigenvalue weighted by Crippen LogP contribution is 2.14. The van der Waals surface area contributed by atoms with E-state index in [-0.39, 0.29) is 0 Å². The van der Waals surface area contributed by atoms with Gasteiger partial charge < -0.3 is 5.73 Å². The molecule has 0 aliphatic carbocycles. The molecule has 1 aromatic heterocycles. The molecule has 0 radical (unpaired) electrons. The smallest absolute Gasteiger partial charge is 0.208 e. The van der Waals surface area contributed by atoms with Crippen LogP contribution in [0.4, 0.5) is 0 Å². The fourth-order valence-electron chi connectivity index (χ4n) is 1.64. The van der Waals surface area contributed by atoms with Crippen LogP contribution in [0.15, 0.2) is 4.99 Å². The first kappa shape index (κ1) is 9.05. The summed E-state index contributed by atoms with van der Waals surface area (Å²) in [6, 6.07) is 0. The van der Waals surface area contributed by atoms with Crippen LogP contribution in [0.25, 0.3) is 0 Å². The molecule has 2 heterocycles. The van der Waals surface area contributed by atoms with E-state index >= 15 is 0 Å². The molecule has 0 amide bonds. The second-order valence-electron chi connectivity index (χ2n) is 3.46. The minimum atomic E-state index is 0.465. The molecule has 0 aromatic carbocycles. The molecule has 1 aliphatic rings. The van der Waals surface area contributed by atoms with E-state index < -0.39 is 0 Å². The SMILES string of the molecule is CCCc1nc(C)c2n1NC(N)=NC2. The number of guanidine groups is 1. The second kappa shape index (κ2) is 3.32. The van der Waals surface area contributed by atoms with Gasteiger partial charge in [-0.25, -0.2) is 14.7 Å². The van der Waals surface area contributed by atoms with Crippen molar-refractivity contribution in [2.24, 2.45) is 10.7 Å². The predicted octanol–water partition coefficient (Wildman–Crippen LogP) is 0.516. The second-order valence-corrected chi connectivity index (χ2v) is 3.46.